The Hall–Kier alpha value is -3.15. The third kappa shape index (κ3) is 5.26. The van der Waals surface area contributed by atoms with E-state index in [2.05, 4.69) is 20.6 Å². The van der Waals surface area contributed by atoms with Gasteiger partial charge in [0.15, 0.2) is 0 Å². The van der Waals surface area contributed by atoms with Gasteiger partial charge >= 0.3 is 0 Å². The number of fused-ring (bicyclic) bond motifs is 1. The second-order valence-electron chi connectivity index (χ2n) is 8.32. The van der Waals surface area contributed by atoms with Gasteiger partial charge in [-0.3, -0.25) is 9.59 Å². The lowest BCUT2D eigenvalue weighted by atomic mass is 9.99. The highest BCUT2D eigenvalue weighted by molar-refractivity contribution is 5.89. The highest BCUT2D eigenvalue weighted by Crippen LogP contribution is 2.22. The van der Waals surface area contributed by atoms with E-state index >= 15 is 0 Å². The van der Waals surface area contributed by atoms with Crippen molar-refractivity contribution in [2.45, 2.75) is 46.2 Å². The fourth-order valence-electron chi connectivity index (χ4n) is 3.45. The number of nitrogens with zero attached hydrogens (tertiary/aromatic N) is 1. The SMILES string of the molecule is CC(C)[C@H](NC(=O)[C@H](NC(=O)Cc1ccccc1)C(C)C)c1nc2ccccc2[nH]1. The molecule has 2 atom stereocenters. The minimum absolute atomic E-state index is 0.0480. The molecule has 1 aromatic heterocycles. The zero-order valence-corrected chi connectivity index (χ0v) is 18.0. The summed E-state index contributed by atoms with van der Waals surface area (Å²) < 4.78 is 0. The minimum Gasteiger partial charge on any atom is -0.344 e. The van der Waals surface area contributed by atoms with Crippen LogP contribution in [0, 0.1) is 11.8 Å². The molecule has 0 fully saturated rings. The van der Waals surface area contributed by atoms with Crippen LogP contribution in [0.2, 0.25) is 0 Å². The van der Waals surface area contributed by atoms with Crippen LogP contribution in [0.4, 0.5) is 0 Å². The lowest BCUT2D eigenvalue weighted by molar-refractivity contribution is -0.130. The lowest BCUT2D eigenvalue weighted by Gasteiger charge is -2.26. The zero-order valence-electron chi connectivity index (χ0n) is 18.0. The van der Waals surface area contributed by atoms with E-state index in [1.165, 1.54) is 0 Å². The first-order chi connectivity index (χ1) is 14.3. The smallest absolute Gasteiger partial charge is 0.243 e. The van der Waals surface area contributed by atoms with E-state index in [0.29, 0.717) is 0 Å². The molecule has 0 saturated carbocycles. The van der Waals surface area contributed by atoms with Gasteiger partial charge in [-0.2, -0.15) is 0 Å². The van der Waals surface area contributed by atoms with E-state index in [9.17, 15) is 9.59 Å². The number of hydrogen-bond acceptors (Lipinski definition) is 3. The van der Waals surface area contributed by atoms with Gasteiger partial charge in [-0.25, -0.2) is 4.98 Å². The lowest BCUT2D eigenvalue weighted by Crippen LogP contribution is -2.51. The number of hydrogen-bond donors (Lipinski definition) is 3. The Labute approximate surface area is 177 Å². The Balaban J connectivity index is 1.72. The molecule has 0 spiro atoms. The maximum atomic E-state index is 13.1. The Morgan fingerprint density at radius 2 is 1.57 bits per heavy atom. The molecule has 3 aromatic rings. The van der Waals surface area contributed by atoms with Crippen LogP contribution in [0.25, 0.3) is 11.0 Å². The van der Waals surface area contributed by atoms with Crippen LogP contribution >= 0.6 is 0 Å². The van der Waals surface area contributed by atoms with Gasteiger partial charge in [-0.1, -0.05) is 70.2 Å². The minimum atomic E-state index is -0.619. The van der Waals surface area contributed by atoms with E-state index in [4.69, 9.17) is 0 Å². The van der Waals surface area contributed by atoms with Gasteiger partial charge in [0.1, 0.15) is 11.9 Å². The molecule has 6 heteroatoms. The average Bonchev–Trinajstić information content (AvgIpc) is 3.14. The van der Waals surface area contributed by atoms with Crippen LogP contribution in [0.15, 0.2) is 54.6 Å². The van der Waals surface area contributed by atoms with Crippen molar-refractivity contribution < 1.29 is 9.59 Å². The van der Waals surface area contributed by atoms with Crippen molar-refractivity contribution in [1.29, 1.82) is 0 Å². The van der Waals surface area contributed by atoms with Crippen LogP contribution < -0.4 is 10.6 Å². The number of imidazole rings is 1. The molecular formula is C24H30N4O2. The quantitative estimate of drug-likeness (QED) is 0.532. The first-order valence-electron chi connectivity index (χ1n) is 10.4. The number of benzene rings is 2. The Morgan fingerprint density at radius 3 is 2.20 bits per heavy atom. The van der Waals surface area contributed by atoms with Crippen molar-refractivity contribution in [3.8, 4) is 0 Å². The maximum Gasteiger partial charge on any atom is 0.243 e. The van der Waals surface area contributed by atoms with E-state index in [0.717, 1.165) is 22.4 Å². The highest BCUT2D eigenvalue weighted by atomic mass is 16.2. The van der Waals surface area contributed by atoms with Crippen molar-refractivity contribution in [1.82, 2.24) is 20.6 Å². The van der Waals surface area contributed by atoms with Crippen LogP contribution in [0.1, 0.15) is 45.1 Å². The van der Waals surface area contributed by atoms with E-state index < -0.39 is 6.04 Å². The molecule has 158 valence electrons. The summed E-state index contributed by atoms with van der Waals surface area (Å²) in [7, 11) is 0. The summed E-state index contributed by atoms with van der Waals surface area (Å²) in [6.07, 6.45) is 0.245. The van der Waals surface area contributed by atoms with Gasteiger partial charge in [-0.05, 0) is 29.5 Å². The number of rotatable bonds is 8. The zero-order chi connectivity index (χ0) is 21.7. The molecule has 6 nitrogen and oxygen atoms in total. The van der Waals surface area contributed by atoms with Gasteiger partial charge in [0.05, 0.1) is 23.5 Å². The van der Waals surface area contributed by atoms with Gasteiger partial charge in [0.2, 0.25) is 11.8 Å². The number of H-pyrrole nitrogens is 1. The topological polar surface area (TPSA) is 86.9 Å². The summed E-state index contributed by atoms with van der Waals surface area (Å²) >= 11 is 0. The number of para-hydroxylation sites is 2. The molecule has 0 aliphatic carbocycles. The molecule has 1 heterocycles. The molecule has 2 amide bonds. The first-order valence-corrected chi connectivity index (χ1v) is 10.4. The average molecular weight is 407 g/mol. The molecule has 0 unspecified atom stereocenters. The molecule has 0 aliphatic rings. The number of aromatic amines is 1. The van der Waals surface area contributed by atoms with Crippen LogP contribution in [0.3, 0.4) is 0 Å². The molecule has 0 radical (unpaired) electrons. The second kappa shape index (κ2) is 9.57. The summed E-state index contributed by atoms with van der Waals surface area (Å²) in [5.41, 5.74) is 2.72. The third-order valence-corrected chi connectivity index (χ3v) is 5.14. The molecule has 30 heavy (non-hydrogen) atoms. The van der Waals surface area contributed by atoms with E-state index in [-0.39, 0.29) is 36.1 Å². The Bertz CT molecular complexity index is 962. The summed E-state index contributed by atoms with van der Waals surface area (Å²) in [4.78, 5) is 33.6. The second-order valence-corrected chi connectivity index (χ2v) is 8.32. The normalized spacial score (nSPS) is 13.4. The number of amides is 2. The molecule has 2 aromatic carbocycles. The molecule has 0 bridgehead atoms. The predicted molar refractivity (Wildman–Crippen MR) is 119 cm³/mol. The van der Waals surface area contributed by atoms with Crippen LogP contribution in [0.5, 0.6) is 0 Å². The molecule has 0 aliphatic heterocycles. The third-order valence-electron chi connectivity index (χ3n) is 5.14. The van der Waals surface area contributed by atoms with Crippen molar-refractivity contribution >= 4 is 22.8 Å². The van der Waals surface area contributed by atoms with Gasteiger partial charge < -0.3 is 15.6 Å². The Morgan fingerprint density at radius 1 is 0.900 bits per heavy atom. The number of carbonyl (C=O) groups is 2. The van der Waals surface area contributed by atoms with Gasteiger partial charge in [0, 0.05) is 0 Å². The predicted octanol–water partition coefficient (Wildman–Crippen LogP) is 3.76. The Kier molecular flexibility index (Phi) is 6.87. The summed E-state index contributed by atoms with van der Waals surface area (Å²) in [6.45, 7) is 7.93. The van der Waals surface area contributed by atoms with Crippen molar-refractivity contribution in [2.24, 2.45) is 11.8 Å². The van der Waals surface area contributed by atoms with Gasteiger partial charge in [-0.15, -0.1) is 0 Å². The van der Waals surface area contributed by atoms with E-state index in [1.807, 2.05) is 82.3 Å². The fourth-order valence-corrected chi connectivity index (χ4v) is 3.45. The molecule has 3 rings (SSSR count). The summed E-state index contributed by atoms with van der Waals surface area (Å²) in [5, 5.41) is 6.00. The first kappa shape index (κ1) is 21.6. The number of carbonyl (C=O) groups excluding carboxylic acids is 2. The number of nitrogens with one attached hydrogen (secondary N) is 3. The van der Waals surface area contributed by atoms with Crippen molar-refractivity contribution in [3.63, 3.8) is 0 Å². The van der Waals surface area contributed by atoms with E-state index in [1.54, 1.807) is 0 Å². The fraction of sp³-hybridized carbons (Fsp3) is 0.375. The van der Waals surface area contributed by atoms with Crippen LogP contribution in [-0.2, 0) is 16.0 Å². The van der Waals surface area contributed by atoms with Gasteiger partial charge in [0.25, 0.3) is 0 Å². The monoisotopic (exact) mass is 406 g/mol. The maximum absolute atomic E-state index is 13.1. The van der Waals surface area contributed by atoms with Crippen molar-refractivity contribution in [2.75, 3.05) is 0 Å². The van der Waals surface area contributed by atoms with Crippen LogP contribution in [-0.4, -0.2) is 27.8 Å². The summed E-state index contributed by atoms with van der Waals surface area (Å²) in [5.74, 6) is 0.429. The summed E-state index contributed by atoms with van der Waals surface area (Å²) in [6, 6.07) is 16.4. The molecule has 3 N–H and O–H groups in total. The largest absolute Gasteiger partial charge is 0.344 e. The molecular weight excluding hydrogens is 376 g/mol. The standard InChI is InChI=1S/C24H30N4O2/c1-15(2)21(23-25-18-12-8-9-13-19(18)26-23)28-24(30)22(16(3)4)27-20(29)14-17-10-6-5-7-11-17/h5-13,15-16,21-22H,14H2,1-4H3,(H,25,26)(H,27,29)(H,28,30)/t21-,22+/m0/s1. The molecule has 0 saturated heterocycles. The van der Waals surface area contributed by atoms with Crippen molar-refractivity contribution in [3.05, 3.63) is 66.0 Å². The number of aromatic nitrogens is 2. The highest BCUT2D eigenvalue weighted by Gasteiger charge is 2.29.